The largest absolute Gasteiger partial charge is 0.385 e. The number of amides is 2. The minimum atomic E-state index is -0.400. The molecule has 2 amide bonds. The second-order valence-electron chi connectivity index (χ2n) is 7.31. The van der Waals surface area contributed by atoms with Crippen LogP contribution in [0.2, 0.25) is 0 Å². The van der Waals surface area contributed by atoms with Crippen LogP contribution in [0.4, 0.5) is 21.5 Å². The normalized spacial score (nSPS) is 10.5. The van der Waals surface area contributed by atoms with Gasteiger partial charge in [-0.15, -0.1) is 4.91 Å². The van der Waals surface area contributed by atoms with Crippen LogP contribution in [0.1, 0.15) is 61.5 Å². The van der Waals surface area contributed by atoms with Crippen LogP contribution >= 0.6 is 11.3 Å². The molecular weight excluding hydrogens is 416 g/mol. The van der Waals surface area contributed by atoms with Crippen molar-refractivity contribution in [3.63, 3.8) is 0 Å². The van der Waals surface area contributed by atoms with E-state index >= 15 is 0 Å². The highest BCUT2D eigenvalue weighted by Gasteiger charge is 2.21. The van der Waals surface area contributed by atoms with Gasteiger partial charge in [0, 0.05) is 26.1 Å². The van der Waals surface area contributed by atoms with Gasteiger partial charge in [-0.2, -0.15) is 5.32 Å². The number of nitroso groups, excluding NO2 is 1. The molecular formula is C21H31N6O3S+. The molecule has 0 saturated carbocycles. The van der Waals surface area contributed by atoms with Gasteiger partial charge in [-0.25, -0.2) is 9.78 Å². The average Bonchev–Trinajstić information content (AvgIpc) is 3.08. The molecule has 2 aromatic rings. The maximum Gasteiger partial charge on any atom is 0.341 e. The summed E-state index contributed by atoms with van der Waals surface area (Å²) in [5, 5.41) is 12.4. The van der Waals surface area contributed by atoms with Crippen molar-refractivity contribution in [2.45, 2.75) is 52.4 Å². The lowest BCUT2D eigenvalue weighted by molar-refractivity contribution is -0.363. The summed E-state index contributed by atoms with van der Waals surface area (Å²) in [6, 6.07) is 5.22. The summed E-state index contributed by atoms with van der Waals surface area (Å²) >= 11 is 1.05. The maximum atomic E-state index is 12.7. The number of thiazole rings is 1. The Balaban J connectivity index is 1.97. The lowest BCUT2D eigenvalue weighted by Gasteiger charge is -2.12. The van der Waals surface area contributed by atoms with E-state index in [9.17, 15) is 14.5 Å². The smallest absolute Gasteiger partial charge is 0.341 e. The third-order valence-corrected chi connectivity index (χ3v) is 5.65. The predicted molar refractivity (Wildman–Crippen MR) is 125 cm³/mol. The molecule has 9 nitrogen and oxygen atoms in total. The van der Waals surface area contributed by atoms with Gasteiger partial charge in [-0.1, -0.05) is 25.7 Å². The van der Waals surface area contributed by atoms with Gasteiger partial charge in [0.15, 0.2) is 0 Å². The van der Waals surface area contributed by atoms with Crippen molar-refractivity contribution < 1.29 is 14.6 Å². The molecule has 0 spiro atoms. The molecule has 2 rings (SSSR count). The zero-order valence-corrected chi connectivity index (χ0v) is 18.9. The number of H-pyrrole nitrogens is 1. The Labute approximate surface area is 186 Å². The van der Waals surface area contributed by atoms with Crippen molar-refractivity contribution in [3.05, 3.63) is 34.4 Å². The van der Waals surface area contributed by atoms with Crippen LogP contribution in [0.3, 0.4) is 0 Å². The van der Waals surface area contributed by atoms with E-state index in [4.69, 9.17) is 5.73 Å². The quantitative estimate of drug-likeness (QED) is 0.269. The number of nitrogens with one attached hydrogen (secondary N) is 4. The Morgan fingerprint density at radius 2 is 1.81 bits per heavy atom. The van der Waals surface area contributed by atoms with E-state index in [-0.39, 0.29) is 10.9 Å². The first-order valence-electron chi connectivity index (χ1n) is 10.5. The fourth-order valence-electron chi connectivity index (χ4n) is 3.09. The molecule has 6 N–H and O–H groups in total. The van der Waals surface area contributed by atoms with E-state index in [1.54, 1.807) is 19.1 Å². The van der Waals surface area contributed by atoms with Gasteiger partial charge in [0.05, 0.1) is 11.3 Å². The second-order valence-corrected chi connectivity index (χ2v) is 8.31. The summed E-state index contributed by atoms with van der Waals surface area (Å²) in [4.78, 5) is 38.0. The third kappa shape index (κ3) is 8.06. The first kappa shape index (κ1) is 24.4. The van der Waals surface area contributed by atoms with Crippen LogP contribution in [0.5, 0.6) is 0 Å². The number of rotatable bonds is 13. The van der Waals surface area contributed by atoms with Crippen molar-refractivity contribution in [3.8, 4) is 0 Å². The Morgan fingerprint density at radius 1 is 1.10 bits per heavy atom. The minimum Gasteiger partial charge on any atom is -0.385 e. The average molecular weight is 448 g/mol. The van der Waals surface area contributed by atoms with Crippen LogP contribution < -0.4 is 26.7 Å². The highest BCUT2D eigenvalue weighted by atomic mass is 32.1. The van der Waals surface area contributed by atoms with E-state index in [0.717, 1.165) is 49.4 Å². The van der Waals surface area contributed by atoms with E-state index in [1.807, 2.05) is 6.07 Å². The zero-order chi connectivity index (χ0) is 22.6. The van der Waals surface area contributed by atoms with Crippen molar-refractivity contribution in [1.29, 1.82) is 0 Å². The number of unbranched alkanes of at least 4 members (excludes halogenated alkanes) is 5. The van der Waals surface area contributed by atoms with Crippen molar-refractivity contribution in [2.24, 2.45) is 10.9 Å². The number of aryl methyl sites for hydroxylation is 1. The second kappa shape index (κ2) is 12.8. The number of carbonyl (C=O) groups is 2. The predicted octanol–water partition coefficient (Wildman–Crippen LogP) is 4.19. The van der Waals surface area contributed by atoms with Gasteiger partial charge in [-0.3, -0.25) is 4.79 Å². The highest BCUT2D eigenvalue weighted by Crippen LogP contribution is 2.28. The SMILES string of the molecule is CC(=O)Nc1cc(NCCCCCCCCN)ccc1C(=O)Nc1[nH+]c(C)c(N=O)s1. The molecule has 10 heteroatoms. The number of carbonyl (C=O) groups excluding carboxylic acids is 2. The minimum absolute atomic E-state index is 0.269. The number of nitrogens with two attached hydrogens (primary N) is 1. The lowest BCUT2D eigenvalue weighted by atomic mass is 10.1. The number of anilines is 3. The molecule has 0 bridgehead atoms. The molecule has 0 aliphatic heterocycles. The molecule has 0 saturated heterocycles. The summed E-state index contributed by atoms with van der Waals surface area (Å²) in [6.07, 6.45) is 6.86. The van der Waals surface area contributed by atoms with Crippen LogP contribution in [-0.2, 0) is 4.79 Å². The monoisotopic (exact) mass is 447 g/mol. The molecule has 0 aliphatic carbocycles. The Kier molecular flexibility index (Phi) is 10.0. The summed E-state index contributed by atoms with van der Waals surface area (Å²) < 4.78 is 0. The van der Waals surface area contributed by atoms with Gasteiger partial charge in [0.25, 0.3) is 0 Å². The third-order valence-electron chi connectivity index (χ3n) is 4.67. The Hall–Kier alpha value is -2.85. The van der Waals surface area contributed by atoms with E-state index in [1.165, 1.54) is 26.2 Å². The fourth-order valence-corrected chi connectivity index (χ4v) is 3.87. The van der Waals surface area contributed by atoms with Gasteiger partial charge in [0.2, 0.25) is 10.9 Å². The maximum absolute atomic E-state index is 12.7. The summed E-state index contributed by atoms with van der Waals surface area (Å²) in [5.41, 5.74) is 7.64. The number of hydrogen-bond acceptors (Lipinski definition) is 7. The summed E-state index contributed by atoms with van der Waals surface area (Å²) in [5.74, 6) is -0.669. The molecule has 0 radical (unpaired) electrons. The number of nitrogens with zero attached hydrogens (tertiary/aromatic N) is 1. The van der Waals surface area contributed by atoms with E-state index in [0.29, 0.717) is 22.1 Å². The number of aromatic nitrogens is 1. The standard InChI is InChI=1S/C21H30N6O3S/c1-14-20(27-30)31-21(24-14)26-19(29)17-10-9-16(13-18(17)25-15(2)28)23-12-8-6-4-3-5-7-11-22/h9-10,13,23H,3-8,11-12,22H2,1-2H3,(H,25,28)(H,24,26,29)/p+1. The van der Waals surface area contributed by atoms with Gasteiger partial charge in [0.1, 0.15) is 5.69 Å². The lowest BCUT2D eigenvalue weighted by Crippen LogP contribution is -2.20. The van der Waals surface area contributed by atoms with Gasteiger partial charge >= 0.3 is 11.0 Å². The molecule has 0 aliphatic rings. The van der Waals surface area contributed by atoms with Gasteiger partial charge in [-0.05, 0) is 54.1 Å². The van der Waals surface area contributed by atoms with Crippen LogP contribution in [-0.4, -0.2) is 24.9 Å². The summed E-state index contributed by atoms with van der Waals surface area (Å²) in [6.45, 7) is 4.67. The molecule has 31 heavy (non-hydrogen) atoms. The Morgan fingerprint density at radius 3 is 2.45 bits per heavy atom. The molecule has 0 atom stereocenters. The molecule has 1 aromatic carbocycles. The molecule has 1 aromatic heterocycles. The molecule has 1 heterocycles. The summed E-state index contributed by atoms with van der Waals surface area (Å²) in [7, 11) is 0. The van der Waals surface area contributed by atoms with Crippen LogP contribution in [0.15, 0.2) is 23.4 Å². The Bertz CT molecular complexity index is 899. The first-order chi connectivity index (χ1) is 14.9. The fraction of sp³-hybridized carbons (Fsp3) is 0.476. The van der Waals surface area contributed by atoms with Crippen LogP contribution in [0, 0.1) is 11.8 Å². The molecule has 168 valence electrons. The van der Waals surface area contributed by atoms with E-state index < -0.39 is 5.91 Å². The number of aromatic amines is 1. The topological polar surface area (TPSA) is 140 Å². The zero-order valence-electron chi connectivity index (χ0n) is 18.0. The van der Waals surface area contributed by atoms with Crippen molar-refractivity contribution >= 4 is 44.7 Å². The first-order valence-corrected chi connectivity index (χ1v) is 11.3. The van der Waals surface area contributed by atoms with E-state index in [2.05, 4.69) is 26.1 Å². The molecule has 0 unspecified atom stereocenters. The van der Waals surface area contributed by atoms with Crippen molar-refractivity contribution in [2.75, 3.05) is 29.0 Å². The van der Waals surface area contributed by atoms with Gasteiger partial charge < -0.3 is 16.4 Å². The highest BCUT2D eigenvalue weighted by molar-refractivity contribution is 7.19. The van der Waals surface area contributed by atoms with Crippen LogP contribution in [0.25, 0.3) is 0 Å². The molecule has 0 fully saturated rings. The number of hydrogen-bond donors (Lipinski definition) is 4. The number of benzene rings is 1. The van der Waals surface area contributed by atoms with Crippen molar-refractivity contribution in [1.82, 2.24) is 0 Å².